The molecule has 1 saturated carbocycles. The van der Waals surface area contributed by atoms with Gasteiger partial charge >= 0.3 is 12.0 Å². The van der Waals surface area contributed by atoms with Crippen LogP contribution >= 0.6 is 0 Å². The van der Waals surface area contributed by atoms with Crippen LogP contribution in [-0.2, 0) is 6.54 Å². The van der Waals surface area contributed by atoms with E-state index in [1.54, 1.807) is 4.90 Å². The molecule has 0 spiro atoms. The lowest BCUT2D eigenvalue weighted by Crippen LogP contribution is -2.42. The Hall–Kier alpha value is -2.12. The largest absolute Gasteiger partial charge is 0.476 e. The predicted octanol–water partition coefficient (Wildman–Crippen LogP) is 0.418. The molecular weight excluding hydrogens is 262 g/mol. The second kappa shape index (κ2) is 6.36. The number of aromatic nitrogens is 3. The summed E-state index contributed by atoms with van der Waals surface area (Å²) < 4.78 is 1.40. The van der Waals surface area contributed by atoms with Crippen LogP contribution in [0.1, 0.15) is 30.3 Å². The Morgan fingerprint density at radius 1 is 1.55 bits per heavy atom. The number of carbonyl (C=O) groups is 2. The number of carboxylic acids is 1. The van der Waals surface area contributed by atoms with Crippen LogP contribution in [0.2, 0.25) is 0 Å². The Morgan fingerprint density at radius 2 is 2.30 bits per heavy atom. The highest BCUT2D eigenvalue weighted by Crippen LogP contribution is 2.29. The monoisotopic (exact) mass is 281 g/mol. The molecule has 2 amide bonds. The number of hydrogen-bond acceptors (Lipinski definition) is 4. The summed E-state index contributed by atoms with van der Waals surface area (Å²) >= 11 is 0. The molecule has 0 saturated heterocycles. The number of urea groups is 1. The highest BCUT2D eigenvalue weighted by Gasteiger charge is 2.25. The SMILES string of the molecule is CCN(CC1CC1)C(=O)NCCn1cc(C(=O)O)nn1. The van der Waals surface area contributed by atoms with Crippen molar-refractivity contribution in [2.24, 2.45) is 5.92 Å². The number of nitrogens with one attached hydrogen (secondary N) is 1. The first-order valence-electron chi connectivity index (χ1n) is 6.76. The molecular formula is C12H19N5O3. The summed E-state index contributed by atoms with van der Waals surface area (Å²) in [6.45, 7) is 4.25. The number of rotatable bonds is 7. The molecule has 1 heterocycles. The number of carboxylic acid groups (broad SMARTS) is 1. The molecule has 110 valence electrons. The Labute approximate surface area is 116 Å². The quantitative estimate of drug-likeness (QED) is 0.754. The van der Waals surface area contributed by atoms with Crippen LogP contribution in [-0.4, -0.2) is 56.6 Å². The molecule has 1 aliphatic rings. The van der Waals surface area contributed by atoms with Crippen molar-refractivity contribution >= 4 is 12.0 Å². The van der Waals surface area contributed by atoms with Crippen LogP contribution in [0.5, 0.6) is 0 Å². The molecule has 20 heavy (non-hydrogen) atoms. The summed E-state index contributed by atoms with van der Waals surface area (Å²) in [5.41, 5.74) is -0.0970. The molecule has 0 atom stereocenters. The minimum absolute atomic E-state index is 0.0852. The van der Waals surface area contributed by atoms with Gasteiger partial charge in [-0.1, -0.05) is 5.21 Å². The fraction of sp³-hybridized carbons (Fsp3) is 0.667. The zero-order valence-corrected chi connectivity index (χ0v) is 11.4. The van der Waals surface area contributed by atoms with Crippen molar-refractivity contribution in [2.75, 3.05) is 19.6 Å². The Kier molecular flexibility index (Phi) is 4.54. The van der Waals surface area contributed by atoms with E-state index in [2.05, 4.69) is 15.6 Å². The maximum absolute atomic E-state index is 11.9. The summed E-state index contributed by atoms with van der Waals surface area (Å²) in [5, 5.41) is 18.7. The van der Waals surface area contributed by atoms with E-state index in [1.807, 2.05) is 6.92 Å². The molecule has 0 aromatic carbocycles. The van der Waals surface area contributed by atoms with Crippen molar-refractivity contribution in [3.05, 3.63) is 11.9 Å². The highest BCUT2D eigenvalue weighted by molar-refractivity contribution is 5.84. The number of carbonyl (C=O) groups excluding carboxylic acids is 1. The van der Waals surface area contributed by atoms with Gasteiger partial charge in [-0.2, -0.15) is 0 Å². The van der Waals surface area contributed by atoms with Crippen LogP contribution in [0.3, 0.4) is 0 Å². The van der Waals surface area contributed by atoms with E-state index in [0.29, 0.717) is 25.6 Å². The topological polar surface area (TPSA) is 100 Å². The molecule has 0 bridgehead atoms. The normalized spacial score (nSPS) is 14.1. The Bertz CT molecular complexity index is 483. The van der Waals surface area contributed by atoms with Crippen molar-refractivity contribution in [2.45, 2.75) is 26.3 Å². The molecule has 1 fully saturated rings. The zero-order chi connectivity index (χ0) is 14.5. The van der Waals surface area contributed by atoms with Gasteiger partial charge in [0.25, 0.3) is 0 Å². The molecule has 8 nitrogen and oxygen atoms in total. The molecule has 2 rings (SSSR count). The van der Waals surface area contributed by atoms with Crippen LogP contribution in [0.4, 0.5) is 4.79 Å². The summed E-state index contributed by atoms with van der Waals surface area (Å²) in [6.07, 6.45) is 3.76. The van der Waals surface area contributed by atoms with Gasteiger partial charge < -0.3 is 15.3 Å². The first-order valence-corrected chi connectivity index (χ1v) is 6.76. The first kappa shape index (κ1) is 14.3. The predicted molar refractivity (Wildman–Crippen MR) is 70.4 cm³/mol. The van der Waals surface area contributed by atoms with E-state index in [9.17, 15) is 9.59 Å². The molecule has 8 heteroatoms. The van der Waals surface area contributed by atoms with E-state index < -0.39 is 5.97 Å². The lowest BCUT2D eigenvalue weighted by molar-refractivity contribution is 0.0690. The van der Waals surface area contributed by atoms with E-state index >= 15 is 0 Å². The van der Waals surface area contributed by atoms with Gasteiger partial charge in [-0.05, 0) is 25.7 Å². The van der Waals surface area contributed by atoms with Crippen molar-refractivity contribution in [1.82, 2.24) is 25.2 Å². The summed E-state index contributed by atoms with van der Waals surface area (Å²) in [6, 6.07) is -0.0852. The fourth-order valence-electron chi connectivity index (χ4n) is 1.86. The Balaban J connectivity index is 1.73. The first-order chi connectivity index (χ1) is 9.60. The molecule has 0 radical (unpaired) electrons. The average Bonchev–Trinajstić information content (AvgIpc) is 3.11. The molecule has 2 N–H and O–H groups in total. The zero-order valence-electron chi connectivity index (χ0n) is 11.4. The van der Waals surface area contributed by atoms with Gasteiger partial charge in [0, 0.05) is 19.6 Å². The van der Waals surface area contributed by atoms with Gasteiger partial charge in [0.2, 0.25) is 0 Å². The molecule has 0 aliphatic heterocycles. The lowest BCUT2D eigenvalue weighted by atomic mass is 10.4. The average molecular weight is 281 g/mol. The van der Waals surface area contributed by atoms with Gasteiger partial charge in [-0.15, -0.1) is 5.10 Å². The molecule has 1 aliphatic carbocycles. The van der Waals surface area contributed by atoms with Crippen molar-refractivity contribution < 1.29 is 14.7 Å². The van der Waals surface area contributed by atoms with Crippen LogP contribution in [0.15, 0.2) is 6.20 Å². The number of amides is 2. The maximum atomic E-state index is 11.9. The third-order valence-corrected chi connectivity index (χ3v) is 3.22. The summed E-state index contributed by atoms with van der Waals surface area (Å²) in [4.78, 5) is 24.4. The van der Waals surface area contributed by atoms with Crippen LogP contribution in [0.25, 0.3) is 0 Å². The third kappa shape index (κ3) is 3.94. The van der Waals surface area contributed by atoms with Crippen LogP contribution < -0.4 is 5.32 Å². The summed E-state index contributed by atoms with van der Waals surface area (Å²) in [5.74, 6) is -0.448. The van der Waals surface area contributed by atoms with Gasteiger partial charge in [0.15, 0.2) is 5.69 Å². The lowest BCUT2D eigenvalue weighted by Gasteiger charge is -2.21. The van der Waals surface area contributed by atoms with Crippen molar-refractivity contribution in [1.29, 1.82) is 0 Å². The second-order valence-electron chi connectivity index (χ2n) is 4.89. The van der Waals surface area contributed by atoms with E-state index in [-0.39, 0.29) is 11.7 Å². The third-order valence-electron chi connectivity index (χ3n) is 3.22. The minimum atomic E-state index is -1.11. The maximum Gasteiger partial charge on any atom is 0.358 e. The van der Waals surface area contributed by atoms with Gasteiger partial charge in [0.05, 0.1) is 12.7 Å². The van der Waals surface area contributed by atoms with E-state index in [4.69, 9.17) is 5.11 Å². The highest BCUT2D eigenvalue weighted by atomic mass is 16.4. The second-order valence-corrected chi connectivity index (χ2v) is 4.89. The standard InChI is InChI=1S/C12H19N5O3/c1-2-16(7-9-3-4-9)12(20)13-5-6-17-8-10(11(18)19)14-15-17/h8-9H,2-7H2,1H3,(H,13,20)(H,18,19). The van der Waals surface area contributed by atoms with Gasteiger partial charge in [-0.3, -0.25) is 0 Å². The van der Waals surface area contributed by atoms with E-state index in [1.165, 1.54) is 23.7 Å². The van der Waals surface area contributed by atoms with Gasteiger partial charge in [0.1, 0.15) is 0 Å². The number of nitrogens with zero attached hydrogens (tertiary/aromatic N) is 4. The van der Waals surface area contributed by atoms with Crippen molar-refractivity contribution in [3.63, 3.8) is 0 Å². The van der Waals surface area contributed by atoms with Crippen LogP contribution in [0, 0.1) is 5.92 Å². The van der Waals surface area contributed by atoms with E-state index in [0.717, 1.165) is 6.54 Å². The molecule has 1 aromatic rings. The summed E-state index contributed by atoms with van der Waals surface area (Å²) in [7, 11) is 0. The Morgan fingerprint density at radius 3 is 2.85 bits per heavy atom. The molecule has 0 unspecified atom stereocenters. The smallest absolute Gasteiger partial charge is 0.358 e. The number of hydrogen-bond donors (Lipinski definition) is 2. The number of aromatic carboxylic acids is 1. The fourth-order valence-corrected chi connectivity index (χ4v) is 1.86. The molecule has 1 aromatic heterocycles. The van der Waals surface area contributed by atoms with Crippen molar-refractivity contribution in [3.8, 4) is 0 Å². The van der Waals surface area contributed by atoms with Gasteiger partial charge in [-0.25, -0.2) is 14.3 Å². The minimum Gasteiger partial charge on any atom is -0.476 e.